The summed E-state index contributed by atoms with van der Waals surface area (Å²) < 4.78 is 83.8. The third-order valence-corrected chi connectivity index (χ3v) is 21.8. The Morgan fingerprint density at radius 1 is 0.864 bits per heavy atom. The lowest BCUT2D eigenvalue weighted by Crippen LogP contribution is -2.60. The van der Waals surface area contributed by atoms with Crippen LogP contribution in [-0.4, -0.2) is 166 Å². The molecule has 3 N–H and O–H groups in total. The number of halogens is 1. The number of fused-ring (bicyclic) bond motifs is 5. The maximum atomic E-state index is 16.2. The molecule has 464 valence electrons. The number of nitrogens with zero attached hydrogens (tertiary/aromatic N) is 8. The van der Waals surface area contributed by atoms with E-state index in [0.29, 0.717) is 105 Å². The Hall–Kier alpha value is -7.35. The molecule has 6 fully saturated rings. The first kappa shape index (κ1) is 57.1. The van der Waals surface area contributed by atoms with Gasteiger partial charge in [-0.1, -0.05) is 24.3 Å². The number of nitrogens with one attached hydrogen (secondary N) is 3. The summed E-state index contributed by atoms with van der Waals surface area (Å²) >= 11 is 0. The van der Waals surface area contributed by atoms with Gasteiger partial charge in [-0.2, -0.15) is 4.98 Å². The summed E-state index contributed by atoms with van der Waals surface area (Å²) in [6.45, 7) is 12.6. The molecule has 22 nitrogen and oxygen atoms in total. The Morgan fingerprint density at radius 3 is 2.50 bits per heavy atom. The van der Waals surface area contributed by atoms with E-state index in [1.807, 2.05) is 24.3 Å². The number of morpholine rings is 1. The first-order valence-electron chi connectivity index (χ1n) is 31.2. The zero-order valence-corrected chi connectivity index (χ0v) is 50.4. The van der Waals surface area contributed by atoms with Crippen molar-refractivity contribution in [2.45, 2.75) is 112 Å². The van der Waals surface area contributed by atoms with Crippen molar-refractivity contribution >= 4 is 61.2 Å². The highest BCUT2D eigenvalue weighted by atomic mass is 32.2. The molecule has 11 heterocycles. The predicted molar refractivity (Wildman–Crippen MR) is 326 cm³/mol. The number of aromatic nitrogens is 3. The Morgan fingerprint density at radius 2 is 1.68 bits per heavy atom. The lowest BCUT2D eigenvalue weighted by atomic mass is 9.59. The summed E-state index contributed by atoms with van der Waals surface area (Å²) in [4.78, 5) is 51.0. The number of piperidine rings is 1. The molecule has 1 amide bonds. The zero-order chi connectivity index (χ0) is 60.0. The maximum absolute atomic E-state index is 16.2. The van der Waals surface area contributed by atoms with Crippen LogP contribution in [0.4, 0.5) is 38.6 Å². The zero-order valence-electron chi connectivity index (χ0n) is 49.5. The number of aromatic amines is 1. The molecule has 3 aromatic carbocycles. The van der Waals surface area contributed by atoms with E-state index in [-0.39, 0.29) is 77.6 Å². The van der Waals surface area contributed by atoms with E-state index in [1.165, 1.54) is 23.4 Å². The van der Waals surface area contributed by atoms with Gasteiger partial charge in [0.25, 0.3) is 21.6 Å². The third-order valence-electron chi connectivity index (χ3n) is 20.5. The fraction of sp³-hybridized carbons (Fsp3) is 0.516. The number of sulfonamides is 1. The van der Waals surface area contributed by atoms with E-state index in [4.69, 9.17) is 33.4 Å². The van der Waals surface area contributed by atoms with Gasteiger partial charge in [-0.15, -0.1) is 0 Å². The first-order chi connectivity index (χ1) is 42.8. The number of pyridine rings is 2. The highest BCUT2D eigenvalue weighted by Gasteiger charge is 2.51. The molecule has 9 aliphatic rings. The van der Waals surface area contributed by atoms with Crippen molar-refractivity contribution in [2.24, 2.45) is 11.3 Å². The largest absolute Gasteiger partial charge is 0.489 e. The number of nitro benzene ring substituents is 1. The van der Waals surface area contributed by atoms with Crippen LogP contribution < -0.4 is 38.9 Å². The van der Waals surface area contributed by atoms with E-state index in [1.54, 1.807) is 12.3 Å². The number of amides is 1. The third kappa shape index (κ3) is 10.3. The van der Waals surface area contributed by atoms with Crippen molar-refractivity contribution in [3.05, 3.63) is 117 Å². The van der Waals surface area contributed by atoms with Gasteiger partial charge in [0.1, 0.15) is 29.9 Å². The number of hydrogen-bond acceptors (Lipinski definition) is 19. The highest BCUT2D eigenvalue weighted by molar-refractivity contribution is 7.90. The van der Waals surface area contributed by atoms with Gasteiger partial charge < -0.3 is 53.4 Å². The molecule has 6 atom stereocenters. The fourth-order valence-corrected chi connectivity index (χ4v) is 16.8. The van der Waals surface area contributed by atoms with Crippen LogP contribution in [0.15, 0.2) is 84.0 Å². The second-order valence-electron chi connectivity index (χ2n) is 25.5. The molecule has 0 radical (unpaired) electrons. The van der Waals surface area contributed by atoms with Crippen LogP contribution in [0.3, 0.4) is 0 Å². The molecule has 5 saturated heterocycles. The van der Waals surface area contributed by atoms with Crippen molar-refractivity contribution in [2.75, 3.05) is 112 Å². The van der Waals surface area contributed by atoms with Gasteiger partial charge in [0.15, 0.2) is 23.0 Å². The van der Waals surface area contributed by atoms with Gasteiger partial charge in [-0.25, -0.2) is 22.5 Å². The summed E-state index contributed by atoms with van der Waals surface area (Å²) in [6.07, 6.45) is 9.52. The normalized spacial score (nSPS) is 25.9. The lowest BCUT2D eigenvalue weighted by molar-refractivity contribution is -0.384. The summed E-state index contributed by atoms with van der Waals surface area (Å²) in [7, 11) is -4.73. The number of H-pyrrole nitrogens is 1. The minimum atomic E-state index is -4.73. The summed E-state index contributed by atoms with van der Waals surface area (Å²) in [5.41, 5.74) is 5.60. The second-order valence-corrected chi connectivity index (χ2v) is 27.2. The van der Waals surface area contributed by atoms with Crippen molar-refractivity contribution < 1.29 is 50.9 Å². The smallest absolute Gasteiger partial charge is 0.297 e. The van der Waals surface area contributed by atoms with E-state index in [9.17, 15) is 23.3 Å². The SMILES string of the molecule is Cc1ccccc1[C@@H]1CN([C@@H]2CCOc3c(N4CCOC[C@@H]4C)ncc(F)c32)CCN1C1CC2(CCN(c3ccc(C(=O)NS(=O)(=O)c4cc5c(c([N+](=O)[O-])c4)N[C@H](C4CCOCC4)CO5)c(N4c5cc6cc[nH]c6nc5O[C@H]5COCC[C@@H]54)c3)CC2)C1. The molecular weight excluding hydrogens is 1150 g/mol. The number of carbonyl (C=O) groups is 1. The molecule has 15 rings (SSSR count). The monoisotopic (exact) mass is 1220 g/mol. The molecule has 1 spiro atoms. The van der Waals surface area contributed by atoms with Crippen molar-refractivity contribution in [3.63, 3.8) is 0 Å². The molecule has 1 saturated carbocycles. The van der Waals surface area contributed by atoms with Crippen molar-refractivity contribution in [3.8, 4) is 17.4 Å². The Labute approximate surface area is 510 Å². The summed E-state index contributed by atoms with van der Waals surface area (Å²) in [6, 6.07) is 20.2. The quantitative estimate of drug-likeness (QED) is 0.0814. The number of carbonyl (C=O) groups excluding carboxylic acids is 1. The molecule has 6 aromatic rings. The molecule has 8 aliphatic heterocycles. The van der Waals surface area contributed by atoms with Crippen LogP contribution in [0.25, 0.3) is 11.0 Å². The van der Waals surface area contributed by atoms with Crippen LogP contribution in [0, 0.1) is 34.2 Å². The number of anilines is 5. The molecule has 0 bridgehead atoms. The van der Waals surface area contributed by atoms with Crippen LogP contribution in [0.5, 0.6) is 17.4 Å². The molecule has 24 heteroatoms. The number of piperazine rings is 1. The Kier molecular flexibility index (Phi) is 14.9. The number of rotatable bonds is 11. The number of aryl methyl sites for hydroxylation is 1. The minimum absolute atomic E-state index is 0.0164. The number of benzene rings is 3. The van der Waals surface area contributed by atoms with E-state index in [0.717, 1.165) is 88.4 Å². The summed E-state index contributed by atoms with van der Waals surface area (Å²) in [5.74, 6) is 0.548. The summed E-state index contributed by atoms with van der Waals surface area (Å²) in [5, 5.41) is 16.7. The van der Waals surface area contributed by atoms with E-state index >= 15 is 4.39 Å². The maximum Gasteiger partial charge on any atom is 0.297 e. The number of ether oxygens (including phenoxy) is 6. The lowest BCUT2D eigenvalue weighted by Gasteiger charge is -2.59. The van der Waals surface area contributed by atoms with Crippen LogP contribution >= 0.6 is 0 Å². The van der Waals surface area contributed by atoms with Gasteiger partial charge in [0.05, 0.1) is 77.4 Å². The molecule has 1 aliphatic carbocycles. The van der Waals surface area contributed by atoms with Crippen LogP contribution in [-0.2, 0) is 24.2 Å². The van der Waals surface area contributed by atoms with Crippen LogP contribution in [0.2, 0.25) is 0 Å². The standard InChI is InChI=1S/C64H74FN11O11S/c1-38-5-3-4-6-45(38)54-34-72(50-13-25-85-59-57(50)47(65)33-67-61(59)73-21-26-84-35-39(73)2)19-20-74(54)43-31-64(32-43)14-17-71(18-15-64)42-7-8-46(51(28-42)75-49-12-24-83-37-56(49)87-63-53(75)27-41-9-16-66-60(41)69-63)62(77)70-88(80,81)44-29-52(76(78)79)58-55(30-44)86-36-48(68-58)40-10-22-82-23-11-40/h3-9,16,27-30,33,39-40,43,48-50,54,56,68H,10-15,17-26,31-32,34-37H2,1-2H3,(H,66,69)(H,70,77)/t39-,48-,49-,50+,54-,56-/m0/s1. The van der Waals surface area contributed by atoms with E-state index in [2.05, 4.69) is 82.6 Å². The average molecular weight is 1220 g/mol. The number of hydrogen-bond donors (Lipinski definition) is 3. The molecule has 0 unspecified atom stereocenters. The Balaban J connectivity index is 0.693. The Bertz CT molecular complexity index is 3800. The van der Waals surface area contributed by atoms with Gasteiger partial charge >= 0.3 is 0 Å². The highest BCUT2D eigenvalue weighted by Crippen LogP contribution is 2.55. The van der Waals surface area contributed by atoms with Gasteiger partial charge in [0, 0.05) is 113 Å². The molecule has 3 aromatic heterocycles. The van der Waals surface area contributed by atoms with Gasteiger partial charge in [-0.3, -0.25) is 24.7 Å². The van der Waals surface area contributed by atoms with Gasteiger partial charge in [-0.05, 0) is 112 Å². The van der Waals surface area contributed by atoms with Gasteiger partial charge in [0.2, 0.25) is 5.88 Å². The van der Waals surface area contributed by atoms with Crippen LogP contribution in [0.1, 0.15) is 97.4 Å². The average Bonchev–Trinajstić information content (AvgIpc) is 2.17. The first-order valence-corrected chi connectivity index (χ1v) is 32.7. The fourth-order valence-electron chi connectivity index (χ4n) is 15.8. The topological polar surface area (TPSA) is 232 Å². The minimum Gasteiger partial charge on any atom is -0.489 e. The number of nitro groups is 1. The predicted octanol–water partition coefficient (Wildman–Crippen LogP) is 8.58. The molecular formula is C64H74FN11O11S. The van der Waals surface area contributed by atoms with Crippen molar-refractivity contribution in [1.82, 2.24) is 29.5 Å². The van der Waals surface area contributed by atoms with E-state index < -0.39 is 37.5 Å². The van der Waals surface area contributed by atoms with Crippen molar-refractivity contribution in [1.29, 1.82) is 0 Å². The second kappa shape index (κ2) is 22.9. The molecule has 88 heavy (non-hydrogen) atoms.